The lowest BCUT2D eigenvalue weighted by molar-refractivity contribution is 0.102. The number of rotatable bonds is 5. The van der Waals surface area contributed by atoms with Gasteiger partial charge in [-0.05, 0) is 48.0 Å². The molecule has 2 aromatic carbocycles. The number of nitrogens with one attached hydrogen (secondary N) is 2. The van der Waals surface area contributed by atoms with E-state index in [0.717, 1.165) is 5.56 Å². The minimum atomic E-state index is -0.193. The first-order chi connectivity index (χ1) is 12.7. The second kappa shape index (κ2) is 8.15. The van der Waals surface area contributed by atoms with Crippen molar-refractivity contribution in [3.63, 3.8) is 0 Å². The fraction of sp³-hybridized carbons (Fsp3) is 0.0500. The number of anilines is 2. The average Bonchev–Trinajstić information content (AvgIpc) is 2.68. The smallest absolute Gasteiger partial charge is 0.255 e. The van der Waals surface area contributed by atoms with Crippen molar-refractivity contribution in [3.05, 3.63) is 88.7 Å². The van der Waals surface area contributed by atoms with Gasteiger partial charge in [0.25, 0.3) is 5.91 Å². The lowest BCUT2D eigenvalue weighted by Crippen LogP contribution is -2.12. The summed E-state index contributed by atoms with van der Waals surface area (Å²) in [5, 5.41) is 15.8. The molecule has 6 heteroatoms. The maximum Gasteiger partial charge on any atom is 0.255 e. The Balaban J connectivity index is 1.68. The van der Waals surface area contributed by atoms with Crippen molar-refractivity contribution >= 4 is 28.9 Å². The molecule has 0 spiro atoms. The zero-order chi connectivity index (χ0) is 18.4. The van der Waals surface area contributed by atoms with Gasteiger partial charge >= 0.3 is 0 Å². The number of pyridine rings is 1. The molecule has 0 unspecified atom stereocenters. The summed E-state index contributed by atoms with van der Waals surface area (Å²) < 4.78 is 0. The summed E-state index contributed by atoms with van der Waals surface area (Å²) in [7, 11) is 0. The zero-order valence-electron chi connectivity index (χ0n) is 13.7. The van der Waals surface area contributed by atoms with Crippen LogP contribution in [0.1, 0.15) is 21.5 Å². The fourth-order valence-corrected chi connectivity index (χ4v) is 2.60. The van der Waals surface area contributed by atoms with Gasteiger partial charge in [0, 0.05) is 35.2 Å². The SMILES string of the molecule is N#Cc1cc(Cl)ccc1NCc1cccc(NC(=O)c2ccncc2)c1. The molecule has 0 radical (unpaired) electrons. The average molecular weight is 363 g/mol. The first kappa shape index (κ1) is 17.5. The molecule has 0 aliphatic heterocycles. The molecule has 1 heterocycles. The quantitative estimate of drug-likeness (QED) is 0.701. The van der Waals surface area contributed by atoms with Crippen molar-refractivity contribution in [2.75, 3.05) is 10.6 Å². The Hall–Kier alpha value is -3.36. The van der Waals surface area contributed by atoms with Gasteiger partial charge in [0.05, 0.1) is 11.3 Å². The highest BCUT2D eigenvalue weighted by Crippen LogP contribution is 2.21. The predicted octanol–water partition coefficient (Wildman–Crippen LogP) is 4.47. The third kappa shape index (κ3) is 4.38. The first-order valence-electron chi connectivity index (χ1n) is 7.89. The number of amides is 1. The van der Waals surface area contributed by atoms with Crippen LogP contribution in [0.3, 0.4) is 0 Å². The Morgan fingerprint density at radius 3 is 2.69 bits per heavy atom. The van der Waals surface area contributed by atoms with Crippen molar-refractivity contribution in [1.82, 2.24) is 4.98 Å². The van der Waals surface area contributed by atoms with Crippen LogP contribution < -0.4 is 10.6 Å². The van der Waals surface area contributed by atoms with Crippen molar-refractivity contribution in [1.29, 1.82) is 5.26 Å². The number of carbonyl (C=O) groups excluding carboxylic acids is 1. The second-order valence-corrected chi connectivity index (χ2v) is 5.98. The number of halogens is 1. The first-order valence-corrected chi connectivity index (χ1v) is 8.27. The zero-order valence-corrected chi connectivity index (χ0v) is 14.5. The Morgan fingerprint density at radius 1 is 1.12 bits per heavy atom. The minimum absolute atomic E-state index is 0.193. The topological polar surface area (TPSA) is 77.8 Å². The summed E-state index contributed by atoms with van der Waals surface area (Å²) in [5.41, 5.74) is 3.41. The van der Waals surface area contributed by atoms with Gasteiger partial charge in [0.15, 0.2) is 0 Å². The number of benzene rings is 2. The van der Waals surface area contributed by atoms with Crippen LogP contribution in [0.4, 0.5) is 11.4 Å². The summed E-state index contributed by atoms with van der Waals surface area (Å²) >= 11 is 5.91. The molecule has 1 amide bonds. The van der Waals surface area contributed by atoms with E-state index >= 15 is 0 Å². The van der Waals surface area contributed by atoms with Crippen LogP contribution in [0.2, 0.25) is 5.02 Å². The van der Waals surface area contributed by atoms with E-state index in [4.69, 9.17) is 11.6 Å². The van der Waals surface area contributed by atoms with Crippen molar-refractivity contribution < 1.29 is 4.79 Å². The Labute approximate surface area is 156 Å². The van der Waals surface area contributed by atoms with Gasteiger partial charge in [0.2, 0.25) is 0 Å². The van der Waals surface area contributed by atoms with Crippen LogP contribution in [0.15, 0.2) is 67.0 Å². The number of aromatic nitrogens is 1. The molecular formula is C20H15ClN4O. The van der Waals surface area contributed by atoms with Gasteiger partial charge in [-0.15, -0.1) is 0 Å². The van der Waals surface area contributed by atoms with Gasteiger partial charge in [0.1, 0.15) is 6.07 Å². The Morgan fingerprint density at radius 2 is 1.92 bits per heavy atom. The van der Waals surface area contributed by atoms with E-state index in [2.05, 4.69) is 21.7 Å². The van der Waals surface area contributed by atoms with E-state index in [1.165, 1.54) is 0 Å². The highest BCUT2D eigenvalue weighted by molar-refractivity contribution is 6.30. The number of nitrogens with zero attached hydrogens (tertiary/aromatic N) is 2. The molecule has 1 aromatic heterocycles. The normalized spacial score (nSPS) is 10.0. The maximum atomic E-state index is 12.2. The van der Waals surface area contributed by atoms with Crippen LogP contribution >= 0.6 is 11.6 Å². The molecular weight excluding hydrogens is 348 g/mol. The monoisotopic (exact) mass is 362 g/mol. The highest BCUT2D eigenvalue weighted by Gasteiger charge is 2.07. The Bertz CT molecular complexity index is 967. The lowest BCUT2D eigenvalue weighted by atomic mass is 10.1. The number of hydrogen-bond acceptors (Lipinski definition) is 4. The number of carbonyl (C=O) groups is 1. The van der Waals surface area contributed by atoms with Gasteiger partial charge in [-0.3, -0.25) is 9.78 Å². The van der Waals surface area contributed by atoms with Crippen LogP contribution in [-0.4, -0.2) is 10.9 Å². The summed E-state index contributed by atoms with van der Waals surface area (Å²) in [6.45, 7) is 0.509. The van der Waals surface area contributed by atoms with Gasteiger partial charge in [-0.25, -0.2) is 0 Å². The molecule has 0 aliphatic carbocycles. The maximum absolute atomic E-state index is 12.2. The predicted molar refractivity (Wildman–Crippen MR) is 102 cm³/mol. The molecule has 2 N–H and O–H groups in total. The summed E-state index contributed by atoms with van der Waals surface area (Å²) in [4.78, 5) is 16.1. The molecule has 0 saturated heterocycles. The van der Waals surface area contributed by atoms with Crippen molar-refractivity contribution in [3.8, 4) is 6.07 Å². The van der Waals surface area contributed by atoms with Crippen LogP contribution in [0.25, 0.3) is 0 Å². The molecule has 0 saturated carbocycles. The second-order valence-electron chi connectivity index (χ2n) is 5.55. The fourth-order valence-electron chi connectivity index (χ4n) is 2.43. The van der Waals surface area contributed by atoms with Crippen LogP contribution in [0, 0.1) is 11.3 Å². The molecule has 0 bridgehead atoms. The lowest BCUT2D eigenvalue weighted by Gasteiger charge is -2.10. The third-order valence-corrected chi connectivity index (χ3v) is 3.95. The van der Waals surface area contributed by atoms with E-state index in [9.17, 15) is 10.1 Å². The number of nitriles is 1. The summed E-state index contributed by atoms with van der Waals surface area (Å²) in [6.07, 6.45) is 3.16. The standard InChI is InChI=1S/C20H15ClN4O/c21-17-4-5-19(16(11-17)12-22)24-13-14-2-1-3-18(10-14)25-20(26)15-6-8-23-9-7-15/h1-11,24H,13H2,(H,25,26). The van der Waals surface area contributed by atoms with E-state index in [1.807, 2.05) is 24.3 Å². The molecule has 0 fully saturated rings. The molecule has 0 aliphatic rings. The van der Waals surface area contributed by atoms with E-state index < -0.39 is 0 Å². The number of hydrogen-bond donors (Lipinski definition) is 2. The Kier molecular flexibility index (Phi) is 5.47. The molecule has 26 heavy (non-hydrogen) atoms. The van der Waals surface area contributed by atoms with Gasteiger partial charge < -0.3 is 10.6 Å². The van der Waals surface area contributed by atoms with Crippen LogP contribution in [-0.2, 0) is 6.54 Å². The molecule has 3 aromatic rings. The summed E-state index contributed by atoms with van der Waals surface area (Å²) in [5.74, 6) is -0.193. The van der Waals surface area contributed by atoms with Crippen molar-refractivity contribution in [2.24, 2.45) is 0 Å². The molecule has 0 atom stereocenters. The largest absolute Gasteiger partial charge is 0.380 e. The van der Waals surface area contributed by atoms with Gasteiger partial charge in [-0.2, -0.15) is 5.26 Å². The third-order valence-electron chi connectivity index (χ3n) is 3.71. The van der Waals surface area contributed by atoms with Gasteiger partial charge in [-0.1, -0.05) is 23.7 Å². The molecule has 3 rings (SSSR count). The molecule has 128 valence electrons. The van der Waals surface area contributed by atoms with Crippen molar-refractivity contribution in [2.45, 2.75) is 6.54 Å². The van der Waals surface area contributed by atoms with E-state index in [1.54, 1.807) is 42.7 Å². The van der Waals surface area contributed by atoms with Crippen LogP contribution in [0.5, 0.6) is 0 Å². The molecule has 5 nitrogen and oxygen atoms in total. The van der Waals surface area contributed by atoms with E-state index in [-0.39, 0.29) is 5.91 Å². The van der Waals surface area contributed by atoms with E-state index in [0.29, 0.717) is 34.1 Å². The minimum Gasteiger partial charge on any atom is -0.380 e. The summed E-state index contributed by atoms with van der Waals surface area (Å²) in [6, 6.07) is 18.1. The highest BCUT2D eigenvalue weighted by atomic mass is 35.5.